The summed E-state index contributed by atoms with van der Waals surface area (Å²) in [6.07, 6.45) is 1.07. The molecule has 0 bridgehead atoms. The summed E-state index contributed by atoms with van der Waals surface area (Å²) in [5.74, 6) is 0.320. The number of anilines is 2. The second kappa shape index (κ2) is 7.58. The maximum Gasteiger partial charge on any atom is 0.271 e. The molecule has 0 aliphatic heterocycles. The molecule has 2 aromatic carbocycles. The van der Waals surface area contributed by atoms with Crippen molar-refractivity contribution in [2.24, 2.45) is 0 Å². The van der Waals surface area contributed by atoms with Crippen LogP contribution >= 0.6 is 22.9 Å². The highest BCUT2D eigenvalue weighted by Gasteiger charge is 2.18. The first-order valence-corrected chi connectivity index (χ1v) is 12.9. The molecule has 0 saturated heterocycles. The van der Waals surface area contributed by atoms with E-state index in [1.165, 1.54) is 12.1 Å². The fourth-order valence-corrected chi connectivity index (χ4v) is 5.75. The summed E-state index contributed by atoms with van der Waals surface area (Å²) in [5.41, 5.74) is 2.33. The van der Waals surface area contributed by atoms with E-state index < -0.39 is 20.0 Å². The van der Waals surface area contributed by atoms with Gasteiger partial charge >= 0.3 is 0 Å². The fraction of sp³-hybridized carbons (Fsp3) is 0.0556. The molecular weight excluding hydrogens is 470 g/mol. The van der Waals surface area contributed by atoms with Gasteiger partial charge in [-0.3, -0.25) is 9.44 Å². The highest BCUT2D eigenvalue weighted by atomic mass is 35.5. The van der Waals surface area contributed by atoms with Crippen molar-refractivity contribution in [2.45, 2.75) is 4.21 Å². The third-order valence-corrected chi connectivity index (χ3v) is 7.60. The summed E-state index contributed by atoms with van der Waals surface area (Å²) < 4.78 is 58.6. The molecule has 30 heavy (non-hydrogen) atoms. The Morgan fingerprint density at radius 3 is 2.27 bits per heavy atom. The number of nitrogens with one attached hydrogen (secondary N) is 2. The van der Waals surface area contributed by atoms with E-state index in [0.29, 0.717) is 38.3 Å². The van der Waals surface area contributed by atoms with Gasteiger partial charge in [-0.2, -0.15) is 0 Å². The molecular formula is C18H14ClN3O5S3. The van der Waals surface area contributed by atoms with Gasteiger partial charge in [-0.05, 0) is 54.6 Å². The van der Waals surface area contributed by atoms with Gasteiger partial charge in [0.25, 0.3) is 10.0 Å². The van der Waals surface area contributed by atoms with E-state index in [2.05, 4.69) is 14.4 Å². The smallest absolute Gasteiger partial charge is 0.271 e. The van der Waals surface area contributed by atoms with Crippen molar-refractivity contribution in [1.82, 2.24) is 4.98 Å². The lowest BCUT2D eigenvalue weighted by molar-refractivity contribution is 0.602. The van der Waals surface area contributed by atoms with Crippen molar-refractivity contribution in [2.75, 3.05) is 15.7 Å². The standard InChI is InChI=1S/C18H14ClN3O5S3/c1-29(23,24)21-12-4-2-11(3-5-12)18-20-14-10-13(6-7-15(14)27-18)22-30(25,26)17-9-8-16(19)28-17/h2-10,21-22H,1H3. The van der Waals surface area contributed by atoms with Crippen LogP contribution in [0.15, 0.2) is 63.2 Å². The summed E-state index contributed by atoms with van der Waals surface area (Å²) in [6, 6.07) is 14.2. The van der Waals surface area contributed by atoms with Crippen LogP contribution in [0.1, 0.15) is 0 Å². The number of fused-ring (bicyclic) bond motifs is 1. The zero-order chi connectivity index (χ0) is 21.5. The van der Waals surface area contributed by atoms with E-state index >= 15 is 0 Å². The molecule has 2 N–H and O–H groups in total. The van der Waals surface area contributed by atoms with Gasteiger partial charge in [0.2, 0.25) is 15.9 Å². The zero-order valence-corrected chi connectivity index (χ0v) is 18.5. The molecule has 0 radical (unpaired) electrons. The predicted molar refractivity (Wildman–Crippen MR) is 118 cm³/mol. The van der Waals surface area contributed by atoms with Crippen LogP contribution in [-0.2, 0) is 20.0 Å². The van der Waals surface area contributed by atoms with Gasteiger partial charge in [-0.1, -0.05) is 11.6 Å². The summed E-state index contributed by atoms with van der Waals surface area (Å²) in [6.45, 7) is 0. The number of rotatable bonds is 6. The molecule has 8 nitrogen and oxygen atoms in total. The van der Waals surface area contributed by atoms with Crippen molar-refractivity contribution in [3.8, 4) is 11.5 Å². The first kappa shape index (κ1) is 20.7. The minimum absolute atomic E-state index is 0.108. The molecule has 0 spiro atoms. The van der Waals surface area contributed by atoms with E-state index in [1.807, 2.05) is 0 Å². The Morgan fingerprint density at radius 1 is 0.933 bits per heavy atom. The van der Waals surface area contributed by atoms with E-state index in [-0.39, 0.29) is 4.21 Å². The molecule has 0 saturated carbocycles. The number of sulfonamides is 2. The molecule has 4 rings (SSSR count). The molecule has 2 heterocycles. The second-order valence-corrected chi connectivity index (χ2v) is 11.7. The Labute approximate surface area is 181 Å². The number of nitrogens with zero attached hydrogens (tertiary/aromatic N) is 1. The van der Waals surface area contributed by atoms with Gasteiger partial charge in [-0.25, -0.2) is 21.8 Å². The van der Waals surface area contributed by atoms with Gasteiger partial charge in [0.05, 0.1) is 16.3 Å². The number of benzene rings is 2. The topological polar surface area (TPSA) is 118 Å². The van der Waals surface area contributed by atoms with Crippen molar-refractivity contribution >= 4 is 65.5 Å². The number of aromatic nitrogens is 1. The lowest BCUT2D eigenvalue weighted by atomic mass is 10.2. The highest BCUT2D eigenvalue weighted by Crippen LogP contribution is 2.30. The van der Waals surface area contributed by atoms with Crippen molar-refractivity contribution in [3.05, 3.63) is 58.9 Å². The van der Waals surface area contributed by atoms with E-state index in [1.54, 1.807) is 42.5 Å². The Morgan fingerprint density at radius 2 is 1.63 bits per heavy atom. The van der Waals surface area contributed by atoms with Crippen molar-refractivity contribution in [1.29, 1.82) is 0 Å². The number of oxazole rings is 1. The first-order valence-electron chi connectivity index (χ1n) is 8.36. The van der Waals surface area contributed by atoms with E-state index in [4.69, 9.17) is 16.0 Å². The fourth-order valence-electron chi connectivity index (χ4n) is 2.66. The summed E-state index contributed by atoms with van der Waals surface area (Å²) in [5, 5.41) is 0. The third kappa shape index (κ3) is 4.59. The largest absolute Gasteiger partial charge is 0.436 e. The van der Waals surface area contributed by atoms with Crippen LogP contribution in [-0.4, -0.2) is 28.1 Å². The number of hydrogen-bond acceptors (Lipinski definition) is 7. The Hall–Kier alpha value is -2.60. The quantitative estimate of drug-likeness (QED) is 0.420. The number of hydrogen-bond donors (Lipinski definition) is 2. The lowest BCUT2D eigenvalue weighted by Crippen LogP contribution is -2.11. The SMILES string of the molecule is CS(=O)(=O)Nc1ccc(-c2nc3cc(NS(=O)(=O)c4ccc(Cl)s4)ccc3o2)cc1. The summed E-state index contributed by atoms with van der Waals surface area (Å²) in [7, 11) is -7.12. The van der Waals surface area contributed by atoms with E-state index in [9.17, 15) is 16.8 Å². The highest BCUT2D eigenvalue weighted by molar-refractivity contribution is 7.94. The average Bonchev–Trinajstić information content (AvgIpc) is 3.27. The van der Waals surface area contributed by atoms with Gasteiger partial charge in [0.15, 0.2) is 5.58 Å². The second-order valence-electron chi connectivity index (χ2n) is 6.32. The Kier molecular flexibility index (Phi) is 5.22. The van der Waals surface area contributed by atoms with Crippen LogP contribution in [0.3, 0.4) is 0 Å². The maximum atomic E-state index is 12.5. The molecule has 0 fully saturated rings. The minimum atomic E-state index is -3.76. The van der Waals surface area contributed by atoms with Crippen LogP contribution in [0.4, 0.5) is 11.4 Å². The Bertz CT molecular complexity index is 1440. The van der Waals surface area contributed by atoms with Crippen molar-refractivity contribution in [3.63, 3.8) is 0 Å². The normalized spacial score (nSPS) is 12.2. The van der Waals surface area contributed by atoms with Gasteiger partial charge in [0, 0.05) is 11.3 Å². The first-order chi connectivity index (χ1) is 14.1. The van der Waals surface area contributed by atoms with Crippen LogP contribution in [0, 0.1) is 0 Å². The van der Waals surface area contributed by atoms with Crippen LogP contribution in [0.2, 0.25) is 4.34 Å². The molecule has 0 atom stereocenters. The van der Waals surface area contributed by atoms with E-state index in [0.717, 1.165) is 17.6 Å². The lowest BCUT2D eigenvalue weighted by Gasteiger charge is -2.05. The summed E-state index contributed by atoms with van der Waals surface area (Å²) in [4.78, 5) is 4.40. The molecule has 12 heteroatoms. The van der Waals surface area contributed by atoms with Crippen LogP contribution in [0.5, 0.6) is 0 Å². The van der Waals surface area contributed by atoms with Crippen LogP contribution < -0.4 is 9.44 Å². The monoisotopic (exact) mass is 483 g/mol. The molecule has 0 aliphatic carbocycles. The molecule has 156 valence electrons. The third-order valence-electron chi connectivity index (χ3n) is 3.89. The van der Waals surface area contributed by atoms with Crippen LogP contribution in [0.25, 0.3) is 22.6 Å². The van der Waals surface area contributed by atoms with Gasteiger partial charge in [0.1, 0.15) is 9.73 Å². The molecule has 2 aromatic heterocycles. The number of halogens is 1. The molecule has 0 aliphatic rings. The molecule has 0 amide bonds. The predicted octanol–water partition coefficient (Wildman–Crippen LogP) is 4.38. The van der Waals surface area contributed by atoms with Gasteiger partial charge in [-0.15, -0.1) is 11.3 Å². The Balaban J connectivity index is 1.60. The average molecular weight is 484 g/mol. The van der Waals surface area contributed by atoms with Gasteiger partial charge < -0.3 is 4.42 Å². The maximum absolute atomic E-state index is 12.5. The minimum Gasteiger partial charge on any atom is -0.436 e. The number of thiophene rings is 1. The molecule has 0 unspecified atom stereocenters. The summed E-state index contributed by atoms with van der Waals surface area (Å²) >= 11 is 6.78. The zero-order valence-electron chi connectivity index (χ0n) is 15.3. The molecule has 4 aromatic rings. The van der Waals surface area contributed by atoms with Crippen molar-refractivity contribution < 1.29 is 21.3 Å².